The van der Waals surface area contributed by atoms with Gasteiger partial charge in [0.2, 0.25) is 5.91 Å². The zero-order valence-corrected chi connectivity index (χ0v) is 16.2. The van der Waals surface area contributed by atoms with Gasteiger partial charge in [-0.15, -0.1) is 0 Å². The first-order valence-corrected chi connectivity index (χ1v) is 9.23. The van der Waals surface area contributed by atoms with E-state index >= 15 is 0 Å². The minimum absolute atomic E-state index is 0.172. The summed E-state index contributed by atoms with van der Waals surface area (Å²) in [5.74, 6) is 1.78. The second-order valence-electron chi connectivity index (χ2n) is 5.78. The van der Waals surface area contributed by atoms with Gasteiger partial charge in [0, 0.05) is 34.1 Å². The number of oxazole rings is 1. The van der Waals surface area contributed by atoms with Gasteiger partial charge in [0.1, 0.15) is 5.75 Å². The van der Waals surface area contributed by atoms with Gasteiger partial charge in [-0.25, -0.2) is 4.98 Å². The van der Waals surface area contributed by atoms with E-state index in [2.05, 4.69) is 10.3 Å². The van der Waals surface area contributed by atoms with Crippen LogP contribution in [0.3, 0.4) is 0 Å². The van der Waals surface area contributed by atoms with E-state index in [0.29, 0.717) is 40.4 Å². The number of hydrogen-bond donors (Lipinski definition) is 1. The molecule has 3 aromatic rings. The van der Waals surface area contributed by atoms with E-state index in [1.54, 1.807) is 24.4 Å². The summed E-state index contributed by atoms with van der Waals surface area (Å²) >= 11 is 11.9. The molecule has 0 aliphatic carbocycles. The summed E-state index contributed by atoms with van der Waals surface area (Å²) in [6, 6.07) is 12.5. The number of hydrogen-bond acceptors (Lipinski definition) is 4. The van der Waals surface area contributed by atoms with Crippen molar-refractivity contribution in [2.75, 3.05) is 11.9 Å². The van der Waals surface area contributed by atoms with E-state index in [1.807, 2.05) is 31.2 Å². The van der Waals surface area contributed by atoms with Crippen LogP contribution in [0.15, 0.2) is 53.1 Å². The zero-order chi connectivity index (χ0) is 19.2. The van der Waals surface area contributed by atoms with E-state index in [-0.39, 0.29) is 12.3 Å². The Hall–Kier alpha value is -2.50. The van der Waals surface area contributed by atoms with Crippen LogP contribution >= 0.6 is 23.2 Å². The Morgan fingerprint density at radius 1 is 1.15 bits per heavy atom. The Balaban J connectivity index is 1.56. The van der Waals surface area contributed by atoms with E-state index in [0.717, 1.165) is 11.3 Å². The Morgan fingerprint density at radius 2 is 1.85 bits per heavy atom. The molecule has 5 nitrogen and oxygen atoms in total. The molecule has 0 atom stereocenters. The van der Waals surface area contributed by atoms with Gasteiger partial charge in [-0.3, -0.25) is 4.79 Å². The van der Waals surface area contributed by atoms with E-state index in [1.165, 1.54) is 0 Å². The highest BCUT2D eigenvalue weighted by atomic mass is 35.5. The number of benzene rings is 2. The molecule has 0 bridgehead atoms. The average Bonchev–Trinajstić information content (AvgIpc) is 3.09. The lowest BCUT2D eigenvalue weighted by atomic mass is 10.2. The van der Waals surface area contributed by atoms with Gasteiger partial charge in [0.05, 0.1) is 12.8 Å². The lowest BCUT2D eigenvalue weighted by Gasteiger charge is -2.05. The van der Waals surface area contributed by atoms with Crippen molar-refractivity contribution in [1.82, 2.24) is 4.98 Å². The van der Waals surface area contributed by atoms with Crippen molar-refractivity contribution in [3.63, 3.8) is 0 Å². The Bertz CT molecular complexity index is 903. The van der Waals surface area contributed by atoms with E-state index in [9.17, 15) is 4.79 Å². The Labute approximate surface area is 167 Å². The number of anilines is 1. The molecule has 0 unspecified atom stereocenters. The van der Waals surface area contributed by atoms with Crippen LogP contribution < -0.4 is 10.1 Å². The molecule has 2 aromatic carbocycles. The summed E-state index contributed by atoms with van der Waals surface area (Å²) in [6.45, 7) is 2.56. The van der Waals surface area contributed by atoms with Crippen LogP contribution in [-0.4, -0.2) is 17.5 Å². The lowest BCUT2D eigenvalue weighted by molar-refractivity contribution is -0.116. The van der Waals surface area contributed by atoms with Crippen molar-refractivity contribution < 1.29 is 13.9 Å². The summed E-state index contributed by atoms with van der Waals surface area (Å²) in [6.07, 6.45) is 2.27. The van der Waals surface area contributed by atoms with Crippen molar-refractivity contribution in [1.29, 1.82) is 0 Å². The van der Waals surface area contributed by atoms with Crippen LogP contribution in [0, 0.1) is 0 Å². The molecule has 140 valence electrons. The normalized spacial score (nSPS) is 10.6. The van der Waals surface area contributed by atoms with Gasteiger partial charge >= 0.3 is 0 Å². The highest BCUT2D eigenvalue weighted by molar-refractivity contribution is 6.35. The van der Waals surface area contributed by atoms with Gasteiger partial charge in [-0.1, -0.05) is 23.2 Å². The molecule has 0 radical (unpaired) electrons. The lowest BCUT2D eigenvalue weighted by Crippen LogP contribution is -2.12. The Morgan fingerprint density at radius 3 is 2.52 bits per heavy atom. The molecule has 0 spiro atoms. The molecule has 0 aliphatic rings. The predicted octanol–water partition coefficient (Wildman–Crippen LogP) is 5.62. The maximum Gasteiger partial charge on any atom is 0.224 e. The molecule has 0 aliphatic heterocycles. The minimum Gasteiger partial charge on any atom is -0.494 e. The molecule has 0 saturated heterocycles. The molecular weight excluding hydrogens is 387 g/mol. The van der Waals surface area contributed by atoms with Crippen LogP contribution in [0.1, 0.15) is 19.2 Å². The maximum absolute atomic E-state index is 12.1. The number of amides is 1. The van der Waals surface area contributed by atoms with Gasteiger partial charge < -0.3 is 14.5 Å². The average molecular weight is 405 g/mol. The quantitative estimate of drug-likeness (QED) is 0.554. The number of nitrogens with one attached hydrogen (secondary N) is 1. The number of halogens is 2. The first kappa shape index (κ1) is 19.3. The van der Waals surface area contributed by atoms with Gasteiger partial charge in [0.15, 0.2) is 11.7 Å². The predicted molar refractivity (Wildman–Crippen MR) is 107 cm³/mol. The number of rotatable bonds is 7. The molecule has 3 rings (SSSR count). The van der Waals surface area contributed by atoms with Crippen LogP contribution in [0.4, 0.5) is 5.69 Å². The fourth-order valence-corrected chi connectivity index (χ4v) is 3.04. The zero-order valence-electron chi connectivity index (χ0n) is 14.7. The minimum atomic E-state index is -0.172. The highest BCUT2D eigenvalue weighted by Crippen LogP contribution is 2.24. The maximum atomic E-state index is 12.1. The molecular formula is C20H18Cl2N2O3. The van der Waals surface area contributed by atoms with Crippen molar-refractivity contribution in [2.45, 2.75) is 19.8 Å². The second kappa shape index (κ2) is 8.93. The van der Waals surface area contributed by atoms with Crippen molar-refractivity contribution in [2.24, 2.45) is 0 Å². The van der Waals surface area contributed by atoms with E-state index in [4.69, 9.17) is 32.4 Å². The molecule has 1 aromatic heterocycles. The number of carbonyl (C=O) groups is 1. The standard InChI is InChI=1S/C20H18Cl2N2O3/c1-2-26-17-5-3-13(4-6-17)18-12-23-20(27-18)8-7-19(25)24-16-10-14(21)9-15(22)11-16/h3-6,9-12H,2,7-8H2,1H3,(H,24,25). The van der Waals surface area contributed by atoms with Crippen LogP contribution in [-0.2, 0) is 11.2 Å². The molecule has 0 fully saturated rings. The second-order valence-corrected chi connectivity index (χ2v) is 6.65. The van der Waals surface area contributed by atoms with Crippen LogP contribution in [0.2, 0.25) is 10.0 Å². The van der Waals surface area contributed by atoms with Crippen molar-refractivity contribution in [3.8, 4) is 17.1 Å². The number of aromatic nitrogens is 1. The first-order chi connectivity index (χ1) is 13.0. The van der Waals surface area contributed by atoms with E-state index < -0.39 is 0 Å². The number of ether oxygens (including phenoxy) is 1. The molecule has 1 N–H and O–H groups in total. The fraction of sp³-hybridized carbons (Fsp3) is 0.200. The highest BCUT2D eigenvalue weighted by Gasteiger charge is 2.10. The summed E-state index contributed by atoms with van der Waals surface area (Å²) < 4.78 is 11.2. The molecule has 7 heteroatoms. The Kier molecular flexibility index (Phi) is 6.37. The number of aryl methyl sites for hydroxylation is 1. The monoisotopic (exact) mass is 404 g/mol. The summed E-state index contributed by atoms with van der Waals surface area (Å²) in [7, 11) is 0. The largest absolute Gasteiger partial charge is 0.494 e. The van der Waals surface area contributed by atoms with Gasteiger partial charge in [-0.05, 0) is 49.4 Å². The third-order valence-electron chi connectivity index (χ3n) is 3.72. The number of nitrogens with zero attached hydrogens (tertiary/aromatic N) is 1. The van der Waals surface area contributed by atoms with Crippen LogP contribution in [0.25, 0.3) is 11.3 Å². The molecule has 27 heavy (non-hydrogen) atoms. The van der Waals surface area contributed by atoms with Crippen molar-refractivity contribution in [3.05, 3.63) is 64.6 Å². The smallest absolute Gasteiger partial charge is 0.224 e. The summed E-state index contributed by atoms with van der Waals surface area (Å²) in [5, 5.41) is 3.69. The van der Waals surface area contributed by atoms with Crippen molar-refractivity contribution >= 4 is 34.8 Å². The summed E-state index contributed by atoms with van der Waals surface area (Å²) in [5.41, 5.74) is 1.45. The molecule has 1 amide bonds. The SMILES string of the molecule is CCOc1ccc(-c2cnc(CCC(=O)Nc3cc(Cl)cc(Cl)c3)o2)cc1. The third kappa shape index (κ3) is 5.49. The molecule has 0 saturated carbocycles. The topological polar surface area (TPSA) is 64.4 Å². The number of carbonyl (C=O) groups excluding carboxylic acids is 1. The first-order valence-electron chi connectivity index (χ1n) is 8.47. The van der Waals surface area contributed by atoms with Gasteiger partial charge in [0.25, 0.3) is 0 Å². The van der Waals surface area contributed by atoms with Gasteiger partial charge in [-0.2, -0.15) is 0 Å². The van der Waals surface area contributed by atoms with Crippen LogP contribution in [0.5, 0.6) is 5.75 Å². The molecule has 1 heterocycles. The third-order valence-corrected chi connectivity index (χ3v) is 4.15. The fourth-order valence-electron chi connectivity index (χ4n) is 2.51. The summed E-state index contributed by atoms with van der Waals surface area (Å²) in [4.78, 5) is 16.3.